The predicted molar refractivity (Wildman–Crippen MR) is 141 cm³/mol. The van der Waals surface area contributed by atoms with Crippen LogP contribution in [0, 0.1) is 0 Å². The molecular weight excluding hydrogens is 494 g/mol. The Morgan fingerprint density at radius 1 is 0.457 bits per heavy atom. The summed E-state index contributed by atoms with van der Waals surface area (Å²) < 4.78 is 29.5. The van der Waals surface area contributed by atoms with Gasteiger partial charge in [-0.15, -0.1) is 0 Å². The standard InChI is InChI=1S/C12H27O5P.C12H27O4P/c13-11-9-7-5-3-1-2-4-6-8-10-12-17-18(14,15)16;1-2-3-4-5-6-7-8-9-10-11-12-16-17(13,14)15/h13H,1-12H2,(H2,14,15,16);2-12H2,1H3,(H2,13,14,15). The summed E-state index contributed by atoms with van der Waals surface area (Å²) >= 11 is 0. The smallest absolute Gasteiger partial charge is 0.396 e. The van der Waals surface area contributed by atoms with Gasteiger partial charge >= 0.3 is 15.6 Å². The van der Waals surface area contributed by atoms with Gasteiger partial charge in [0.05, 0.1) is 13.2 Å². The Labute approximate surface area is 213 Å². The second-order valence-corrected chi connectivity index (χ2v) is 11.6. The lowest BCUT2D eigenvalue weighted by atomic mass is 10.1. The molecular formula is C24H54O9P2. The molecule has 35 heavy (non-hydrogen) atoms. The maximum atomic E-state index is 10.4. The minimum atomic E-state index is -4.26. The fourth-order valence-corrected chi connectivity index (χ4v) is 4.32. The molecule has 0 spiro atoms. The fraction of sp³-hybridized carbons (Fsp3) is 1.00. The number of phosphoric ester groups is 2. The molecule has 0 aliphatic rings. The highest BCUT2D eigenvalue weighted by atomic mass is 31.2. The highest BCUT2D eigenvalue weighted by Crippen LogP contribution is 2.36. The van der Waals surface area contributed by atoms with Crippen molar-refractivity contribution in [1.29, 1.82) is 0 Å². The van der Waals surface area contributed by atoms with Crippen molar-refractivity contribution in [2.24, 2.45) is 0 Å². The van der Waals surface area contributed by atoms with Crippen LogP contribution in [0.15, 0.2) is 0 Å². The van der Waals surface area contributed by atoms with E-state index in [1.807, 2.05) is 0 Å². The number of phosphoric acid groups is 2. The van der Waals surface area contributed by atoms with Gasteiger partial charge in [-0.25, -0.2) is 9.13 Å². The van der Waals surface area contributed by atoms with Gasteiger partial charge in [0.1, 0.15) is 0 Å². The molecule has 0 aromatic rings. The first-order valence-electron chi connectivity index (χ1n) is 13.6. The molecule has 0 radical (unpaired) electrons. The molecule has 9 nitrogen and oxygen atoms in total. The summed E-state index contributed by atoms with van der Waals surface area (Å²) in [5, 5.41) is 8.60. The van der Waals surface area contributed by atoms with Crippen LogP contribution in [-0.4, -0.2) is 44.5 Å². The third kappa shape index (κ3) is 41.6. The molecule has 0 fully saturated rings. The summed E-state index contributed by atoms with van der Waals surface area (Å²) in [6.07, 6.45) is 22.9. The molecule has 0 bridgehead atoms. The Balaban J connectivity index is 0. The van der Waals surface area contributed by atoms with Gasteiger partial charge in [0.15, 0.2) is 0 Å². The fourth-order valence-electron chi connectivity index (χ4n) is 3.58. The molecule has 0 aliphatic carbocycles. The molecule has 0 aromatic heterocycles. The topological polar surface area (TPSA) is 154 Å². The number of hydrogen-bond acceptors (Lipinski definition) is 5. The van der Waals surface area contributed by atoms with Crippen LogP contribution in [0.2, 0.25) is 0 Å². The van der Waals surface area contributed by atoms with E-state index in [4.69, 9.17) is 24.7 Å². The van der Waals surface area contributed by atoms with E-state index < -0.39 is 15.6 Å². The minimum Gasteiger partial charge on any atom is -0.396 e. The van der Waals surface area contributed by atoms with E-state index in [1.165, 1.54) is 77.0 Å². The molecule has 0 aromatic carbocycles. The lowest BCUT2D eigenvalue weighted by Crippen LogP contribution is -1.92. The van der Waals surface area contributed by atoms with E-state index in [2.05, 4.69) is 16.0 Å². The first-order valence-corrected chi connectivity index (χ1v) is 16.7. The van der Waals surface area contributed by atoms with Crippen molar-refractivity contribution >= 4 is 15.6 Å². The maximum absolute atomic E-state index is 10.4. The molecule has 0 rings (SSSR count). The van der Waals surface area contributed by atoms with Gasteiger partial charge in [0.25, 0.3) is 0 Å². The van der Waals surface area contributed by atoms with Gasteiger partial charge < -0.3 is 24.7 Å². The van der Waals surface area contributed by atoms with E-state index in [9.17, 15) is 9.13 Å². The van der Waals surface area contributed by atoms with Gasteiger partial charge in [0.2, 0.25) is 0 Å². The maximum Gasteiger partial charge on any atom is 0.469 e. The summed E-state index contributed by atoms with van der Waals surface area (Å²) in [5.41, 5.74) is 0. The second-order valence-electron chi connectivity index (χ2n) is 9.09. The SMILES string of the molecule is CCCCCCCCCCCCOP(=O)(O)O.O=P(O)(O)OCCCCCCCCCCCCO. The Kier molecular flexibility index (Phi) is 29.0. The van der Waals surface area contributed by atoms with Crippen LogP contribution in [0.4, 0.5) is 0 Å². The molecule has 0 atom stereocenters. The third-order valence-electron chi connectivity index (χ3n) is 5.57. The third-order valence-corrected chi connectivity index (χ3v) is 6.61. The molecule has 11 heteroatoms. The molecule has 0 saturated carbocycles. The summed E-state index contributed by atoms with van der Waals surface area (Å²) in [6, 6.07) is 0. The van der Waals surface area contributed by atoms with Crippen LogP contribution >= 0.6 is 15.6 Å². The molecule has 5 N–H and O–H groups in total. The monoisotopic (exact) mass is 548 g/mol. The zero-order chi connectivity index (χ0) is 26.7. The highest BCUT2D eigenvalue weighted by molar-refractivity contribution is 7.46. The van der Waals surface area contributed by atoms with E-state index in [0.29, 0.717) is 13.0 Å². The summed E-state index contributed by atoms with van der Waals surface area (Å²) in [5.74, 6) is 0. The van der Waals surface area contributed by atoms with Crippen LogP contribution in [-0.2, 0) is 18.2 Å². The van der Waals surface area contributed by atoms with E-state index >= 15 is 0 Å². The van der Waals surface area contributed by atoms with Gasteiger partial charge in [-0.2, -0.15) is 0 Å². The van der Waals surface area contributed by atoms with Crippen molar-refractivity contribution in [2.75, 3.05) is 19.8 Å². The summed E-state index contributed by atoms with van der Waals surface area (Å²) in [6.45, 7) is 2.84. The van der Waals surface area contributed by atoms with Crippen LogP contribution < -0.4 is 0 Å². The normalized spacial score (nSPS) is 11.9. The van der Waals surface area contributed by atoms with Crippen molar-refractivity contribution in [2.45, 2.75) is 135 Å². The van der Waals surface area contributed by atoms with Crippen molar-refractivity contribution in [3.05, 3.63) is 0 Å². The van der Waals surface area contributed by atoms with E-state index in [0.717, 1.165) is 44.9 Å². The van der Waals surface area contributed by atoms with Gasteiger partial charge in [0, 0.05) is 6.61 Å². The van der Waals surface area contributed by atoms with Crippen LogP contribution in [0.25, 0.3) is 0 Å². The van der Waals surface area contributed by atoms with E-state index in [-0.39, 0.29) is 13.2 Å². The lowest BCUT2D eigenvalue weighted by molar-refractivity contribution is 0.191. The van der Waals surface area contributed by atoms with Crippen molar-refractivity contribution in [3.63, 3.8) is 0 Å². The van der Waals surface area contributed by atoms with Gasteiger partial charge in [-0.3, -0.25) is 9.05 Å². The molecule has 0 unspecified atom stereocenters. The van der Waals surface area contributed by atoms with Gasteiger partial charge in [-0.1, -0.05) is 116 Å². The predicted octanol–water partition coefficient (Wildman–Crippen LogP) is 7.01. The van der Waals surface area contributed by atoms with Crippen LogP contribution in [0.3, 0.4) is 0 Å². The number of aliphatic hydroxyl groups excluding tert-OH is 1. The molecule has 0 saturated heterocycles. The second kappa shape index (κ2) is 27.2. The van der Waals surface area contributed by atoms with Crippen LogP contribution in [0.1, 0.15) is 135 Å². The van der Waals surface area contributed by atoms with Gasteiger partial charge in [-0.05, 0) is 19.3 Å². The largest absolute Gasteiger partial charge is 0.469 e. The Hall–Kier alpha value is 0.180. The molecule has 0 amide bonds. The van der Waals surface area contributed by atoms with Crippen LogP contribution in [0.5, 0.6) is 0 Å². The molecule has 0 aliphatic heterocycles. The van der Waals surface area contributed by atoms with Crippen molar-refractivity contribution < 1.29 is 42.9 Å². The zero-order valence-corrected chi connectivity index (χ0v) is 23.8. The minimum absolute atomic E-state index is 0.144. The average Bonchev–Trinajstić information content (AvgIpc) is 2.77. The lowest BCUT2D eigenvalue weighted by Gasteiger charge is -2.05. The quantitative estimate of drug-likeness (QED) is 0.0599. The highest BCUT2D eigenvalue weighted by Gasteiger charge is 2.12. The Morgan fingerprint density at radius 2 is 0.714 bits per heavy atom. The zero-order valence-electron chi connectivity index (χ0n) is 22.0. The first-order chi connectivity index (χ1) is 16.6. The summed E-state index contributed by atoms with van der Waals surface area (Å²) in [7, 11) is -8.51. The van der Waals surface area contributed by atoms with Crippen molar-refractivity contribution in [1.82, 2.24) is 0 Å². The number of rotatable bonds is 25. The molecule has 0 heterocycles. The van der Waals surface area contributed by atoms with E-state index in [1.54, 1.807) is 0 Å². The Morgan fingerprint density at radius 3 is 0.971 bits per heavy atom. The summed E-state index contributed by atoms with van der Waals surface area (Å²) in [4.78, 5) is 33.8. The molecule has 214 valence electrons. The average molecular weight is 549 g/mol. The first kappa shape index (κ1) is 37.3. The number of aliphatic hydroxyl groups is 1. The number of unbranched alkanes of at least 4 members (excludes halogenated alkanes) is 18. The number of hydrogen-bond donors (Lipinski definition) is 5. The Bertz CT molecular complexity index is 509. The van der Waals surface area contributed by atoms with Crippen molar-refractivity contribution in [3.8, 4) is 0 Å².